The van der Waals surface area contributed by atoms with Crippen LogP contribution in [-0.4, -0.2) is 32.2 Å². The summed E-state index contributed by atoms with van der Waals surface area (Å²) in [6.45, 7) is 0.428. The van der Waals surface area contributed by atoms with Crippen molar-refractivity contribution >= 4 is 5.78 Å². The third kappa shape index (κ3) is 5.69. The highest BCUT2D eigenvalue weighted by atomic mass is 16.5. The third-order valence-corrected chi connectivity index (χ3v) is 4.94. The Kier molecular flexibility index (Phi) is 7.38. The van der Waals surface area contributed by atoms with E-state index in [-0.39, 0.29) is 18.0 Å². The van der Waals surface area contributed by atoms with Gasteiger partial charge in [0.2, 0.25) is 0 Å². The number of ether oxygens (including phenoxy) is 4. The van der Waals surface area contributed by atoms with E-state index in [9.17, 15) is 9.90 Å². The normalized spacial score (nSPS) is 10.4. The molecule has 1 N–H and O–H groups in total. The molecule has 3 aromatic rings. The molecule has 0 aliphatic carbocycles. The molecule has 3 aromatic carbocycles. The molecule has 6 heteroatoms. The van der Waals surface area contributed by atoms with E-state index in [1.807, 2.05) is 24.3 Å². The summed E-state index contributed by atoms with van der Waals surface area (Å²) in [6.07, 6.45) is 0.713. The van der Waals surface area contributed by atoms with Gasteiger partial charge in [0, 0.05) is 29.7 Å². The molecule has 0 spiro atoms. The number of phenolic OH excluding ortho intramolecular Hbond substituents is 1. The van der Waals surface area contributed by atoms with Gasteiger partial charge in [-0.25, -0.2) is 0 Å². The van der Waals surface area contributed by atoms with Gasteiger partial charge in [0.25, 0.3) is 0 Å². The van der Waals surface area contributed by atoms with Crippen molar-refractivity contribution in [2.45, 2.75) is 19.4 Å². The fraction of sp³-hybridized carbons (Fsp3) is 0.240. The molecule has 0 saturated carbocycles. The zero-order valence-electron chi connectivity index (χ0n) is 17.9. The minimum Gasteiger partial charge on any atom is -0.508 e. The molecule has 0 radical (unpaired) electrons. The van der Waals surface area contributed by atoms with Gasteiger partial charge >= 0.3 is 0 Å². The van der Waals surface area contributed by atoms with Gasteiger partial charge < -0.3 is 24.1 Å². The Hall–Kier alpha value is -3.67. The number of methoxy groups -OCH3 is 3. The molecule has 0 heterocycles. The first-order valence-electron chi connectivity index (χ1n) is 9.87. The summed E-state index contributed by atoms with van der Waals surface area (Å²) in [6, 6.07) is 17.8. The van der Waals surface area contributed by atoms with Crippen LogP contribution in [0.15, 0.2) is 60.7 Å². The molecule has 0 atom stereocenters. The number of carbonyl (C=O) groups is 1. The first-order valence-corrected chi connectivity index (χ1v) is 9.87. The summed E-state index contributed by atoms with van der Waals surface area (Å²) in [5.74, 6) is 2.52. The number of hydrogen-bond donors (Lipinski definition) is 1. The van der Waals surface area contributed by atoms with Crippen LogP contribution in [-0.2, 0) is 13.0 Å². The zero-order chi connectivity index (χ0) is 22.2. The van der Waals surface area contributed by atoms with Crippen molar-refractivity contribution in [2.24, 2.45) is 0 Å². The second kappa shape index (κ2) is 10.4. The molecule has 3 rings (SSSR count). The van der Waals surface area contributed by atoms with E-state index in [1.165, 1.54) is 26.4 Å². The molecule has 6 nitrogen and oxygen atoms in total. The van der Waals surface area contributed by atoms with Gasteiger partial charge in [0.1, 0.15) is 35.4 Å². The van der Waals surface area contributed by atoms with Gasteiger partial charge in [0.05, 0.1) is 21.3 Å². The molecule has 0 saturated heterocycles. The van der Waals surface area contributed by atoms with Crippen LogP contribution < -0.4 is 18.9 Å². The Morgan fingerprint density at radius 3 is 1.94 bits per heavy atom. The van der Waals surface area contributed by atoms with Gasteiger partial charge in [0.15, 0.2) is 5.78 Å². The van der Waals surface area contributed by atoms with E-state index in [0.717, 1.165) is 16.9 Å². The maximum absolute atomic E-state index is 12.7. The summed E-state index contributed by atoms with van der Waals surface area (Å²) in [5.41, 5.74) is 2.38. The molecule has 0 fully saturated rings. The van der Waals surface area contributed by atoms with Gasteiger partial charge in [-0.3, -0.25) is 4.79 Å². The van der Waals surface area contributed by atoms with Crippen molar-refractivity contribution in [3.63, 3.8) is 0 Å². The maximum Gasteiger partial charge on any atom is 0.163 e. The van der Waals surface area contributed by atoms with Crippen molar-refractivity contribution in [3.8, 4) is 28.7 Å². The Balaban J connectivity index is 1.59. The molecule has 0 unspecified atom stereocenters. The van der Waals surface area contributed by atoms with Crippen molar-refractivity contribution in [1.82, 2.24) is 0 Å². The van der Waals surface area contributed by atoms with Crippen molar-refractivity contribution < 1.29 is 28.8 Å². The lowest BCUT2D eigenvalue weighted by Gasteiger charge is -2.13. The van der Waals surface area contributed by atoms with E-state index < -0.39 is 0 Å². The third-order valence-electron chi connectivity index (χ3n) is 4.94. The van der Waals surface area contributed by atoms with Crippen LogP contribution in [0, 0.1) is 0 Å². The van der Waals surface area contributed by atoms with Gasteiger partial charge in [-0.15, -0.1) is 0 Å². The number of ketones is 1. The number of phenols is 1. The Morgan fingerprint density at radius 2 is 1.39 bits per heavy atom. The molecule has 162 valence electrons. The van der Waals surface area contributed by atoms with Crippen LogP contribution in [0.2, 0.25) is 0 Å². The molecule has 0 bridgehead atoms. The standard InChI is InChI=1S/C25H26O6/c1-28-20-8-4-17(5-9-20)16-31-21-10-6-18(7-11-21)23(27)13-12-22-24(29-2)14-19(26)15-25(22)30-3/h4-11,14-15,26H,12-13,16H2,1-3H3. The zero-order valence-corrected chi connectivity index (χ0v) is 17.9. The van der Waals surface area contributed by atoms with Crippen LogP contribution in [0.3, 0.4) is 0 Å². The van der Waals surface area contributed by atoms with Gasteiger partial charge in [-0.1, -0.05) is 12.1 Å². The quantitative estimate of drug-likeness (QED) is 0.473. The minimum atomic E-state index is -0.00103. The van der Waals surface area contributed by atoms with E-state index in [0.29, 0.717) is 35.8 Å². The number of hydrogen-bond acceptors (Lipinski definition) is 6. The number of rotatable bonds is 10. The first kappa shape index (κ1) is 22.0. The van der Waals surface area contributed by atoms with E-state index in [4.69, 9.17) is 18.9 Å². The molecule has 0 aliphatic rings. The summed E-state index contributed by atoms with van der Waals surface area (Å²) < 4.78 is 21.6. The highest BCUT2D eigenvalue weighted by Gasteiger charge is 2.15. The Morgan fingerprint density at radius 1 is 0.806 bits per heavy atom. The number of aromatic hydroxyl groups is 1. The minimum absolute atomic E-state index is 0.00103. The number of Topliss-reactive ketones (excluding diaryl/α,β-unsaturated/α-hetero) is 1. The van der Waals surface area contributed by atoms with Crippen molar-refractivity contribution in [3.05, 3.63) is 77.4 Å². The lowest BCUT2D eigenvalue weighted by Crippen LogP contribution is -2.04. The summed E-state index contributed by atoms with van der Waals surface area (Å²) >= 11 is 0. The first-order chi connectivity index (χ1) is 15.0. The molecule has 0 amide bonds. The molecule has 31 heavy (non-hydrogen) atoms. The lowest BCUT2D eigenvalue weighted by atomic mass is 10.0. The molecular weight excluding hydrogens is 396 g/mol. The monoisotopic (exact) mass is 422 g/mol. The second-order valence-electron chi connectivity index (χ2n) is 6.91. The van der Waals surface area contributed by atoms with Crippen LogP contribution in [0.5, 0.6) is 28.7 Å². The Bertz CT molecular complexity index is 984. The molecular formula is C25H26O6. The van der Waals surface area contributed by atoms with E-state index in [1.54, 1.807) is 31.4 Å². The Labute approximate surface area is 182 Å². The average molecular weight is 422 g/mol. The van der Waals surface area contributed by atoms with Crippen molar-refractivity contribution in [2.75, 3.05) is 21.3 Å². The van der Waals surface area contributed by atoms with Gasteiger partial charge in [-0.2, -0.15) is 0 Å². The lowest BCUT2D eigenvalue weighted by molar-refractivity contribution is 0.0982. The smallest absolute Gasteiger partial charge is 0.163 e. The van der Waals surface area contributed by atoms with Crippen molar-refractivity contribution in [1.29, 1.82) is 0 Å². The van der Waals surface area contributed by atoms with Gasteiger partial charge in [-0.05, 0) is 48.4 Å². The molecule has 0 aliphatic heterocycles. The molecule has 0 aromatic heterocycles. The van der Waals surface area contributed by atoms with Crippen LogP contribution in [0.4, 0.5) is 0 Å². The summed E-state index contributed by atoms with van der Waals surface area (Å²) in [5, 5.41) is 9.76. The van der Waals surface area contributed by atoms with Crippen LogP contribution in [0.25, 0.3) is 0 Å². The SMILES string of the molecule is COc1ccc(COc2ccc(C(=O)CCc3c(OC)cc(O)cc3OC)cc2)cc1. The number of carbonyl (C=O) groups excluding carboxylic acids is 1. The second-order valence-corrected chi connectivity index (χ2v) is 6.91. The van der Waals surface area contributed by atoms with E-state index >= 15 is 0 Å². The fourth-order valence-electron chi connectivity index (χ4n) is 3.22. The topological polar surface area (TPSA) is 74.2 Å². The predicted octanol–water partition coefficient (Wildman–Crippen LogP) is 4.81. The van der Waals surface area contributed by atoms with Crippen LogP contribution >= 0.6 is 0 Å². The fourth-order valence-corrected chi connectivity index (χ4v) is 3.22. The van der Waals surface area contributed by atoms with E-state index in [2.05, 4.69) is 0 Å². The predicted molar refractivity (Wildman–Crippen MR) is 118 cm³/mol. The largest absolute Gasteiger partial charge is 0.508 e. The highest BCUT2D eigenvalue weighted by Crippen LogP contribution is 2.34. The van der Waals surface area contributed by atoms with Crippen LogP contribution in [0.1, 0.15) is 27.9 Å². The highest BCUT2D eigenvalue weighted by molar-refractivity contribution is 5.96. The number of benzene rings is 3. The average Bonchev–Trinajstić information content (AvgIpc) is 2.81. The maximum atomic E-state index is 12.7. The summed E-state index contributed by atoms with van der Waals surface area (Å²) in [7, 11) is 4.67. The summed E-state index contributed by atoms with van der Waals surface area (Å²) in [4.78, 5) is 12.7.